The molecule has 38 heavy (non-hydrogen) atoms. The summed E-state index contributed by atoms with van der Waals surface area (Å²) in [5.41, 5.74) is -0.925. The fourth-order valence-electron chi connectivity index (χ4n) is 5.56. The van der Waals surface area contributed by atoms with Gasteiger partial charge in [-0.25, -0.2) is 4.39 Å². The molecule has 0 saturated carbocycles. The van der Waals surface area contributed by atoms with Gasteiger partial charge in [0.05, 0.1) is 23.2 Å². The van der Waals surface area contributed by atoms with Gasteiger partial charge in [0.1, 0.15) is 17.2 Å². The molecule has 0 saturated heterocycles. The van der Waals surface area contributed by atoms with E-state index in [1.807, 2.05) is 30.3 Å². The predicted molar refractivity (Wildman–Crippen MR) is 135 cm³/mol. The second kappa shape index (κ2) is 7.72. The quantitative estimate of drug-likeness (QED) is 0.352. The van der Waals surface area contributed by atoms with E-state index in [9.17, 15) is 18.8 Å². The second-order valence-electron chi connectivity index (χ2n) is 9.32. The fraction of sp³-hybridized carbons (Fsp3) is 0.103. The number of halogens is 1. The molecule has 0 radical (unpaired) electrons. The van der Waals surface area contributed by atoms with Crippen molar-refractivity contribution < 1.29 is 22.9 Å². The maximum Gasteiger partial charge on any atom is 0.297 e. The molecule has 3 aromatic carbocycles. The Balaban J connectivity index is 1.58. The molecule has 186 valence electrons. The Bertz CT molecular complexity index is 1860. The lowest BCUT2D eigenvalue weighted by molar-refractivity contribution is -0.121. The molecule has 7 rings (SSSR count). The number of hydrogen-bond donors (Lipinski definition) is 0. The van der Waals surface area contributed by atoms with Crippen LogP contribution in [0.3, 0.4) is 0 Å². The molecule has 4 heterocycles. The van der Waals surface area contributed by atoms with Crippen LogP contribution in [0.25, 0.3) is 11.0 Å². The van der Waals surface area contributed by atoms with E-state index >= 15 is 0 Å². The fourth-order valence-corrected chi connectivity index (χ4v) is 5.56. The number of rotatable bonds is 3. The third kappa shape index (κ3) is 2.78. The molecule has 1 atom stereocenters. The molecule has 0 aliphatic carbocycles. The lowest BCUT2D eigenvalue weighted by atomic mass is 9.84. The number of carbonyl (C=O) groups excluding carboxylic acids is 2. The van der Waals surface area contributed by atoms with Gasteiger partial charge in [0.15, 0.2) is 16.8 Å². The Kier molecular flexibility index (Phi) is 4.51. The highest BCUT2D eigenvalue weighted by molar-refractivity contribution is 6.24. The topological polar surface area (TPSA) is 96.9 Å². The summed E-state index contributed by atoms with van der Waals surface area (Å²) in [5.74, 6) is -1.72. The summed E-state index contributed by atoms with van der Waals surface area (Å²) in [6, 6.07) is 21.4. The third-order valence-corrected chi connectivity index (χ3v) is 7.11. The summed E-state index contributed by atoms with van der Waals surface area (Å²) in [4.78, 5) is 45.5. The van der Waals surface area contributed by atoms with Crippen LogP contribution in [0.4, 0.5) is 15.9 Å². The average molecular weight is 507 g/mol. The maximum absolute atomic E-state index is 14.7. The van der Waals surface area contributed by atoms with Crippen molar-refractivity contribution in [3.63, 3.8) is 0 Å². The first kappa shape index (κ1) is 22.2. The molecular formula is C29H18FN3O5. The number of aromatic nitrogens is 1. The van der Waals surface area contributed by atoms with Crippen LogP contribution in [0.15, 0.2) is 92.6 Å². The lowest BCUT2D eigenvalue weighted by Crippen LogP contribution is -2.53. The molecule has 2 aliphatic heterocycles. The zero-order valence-corrected chi connectivity index (χ0v) is 20.0. The standard InChI is InChI=1S/C29H18FN3O5/c1-16-13-23(31-38-16)33-27(35)26-24(25(34)19-14-18(30)11-12-22(19)37-26)29(33)20-9-5-6-10-21(20)32(28(29)36)15-17-7-3-2-4-8-17/h2-14H,15H2,1H3. The second-order valence-corrected chi connectivity index (χ2v) is 9.32. The van der Waals surface area contributed by atoms with Crippen molar-refractivity contribution in [2.45, 2.75) is 19.0 Å². The van der Waals surface area contributed by atoms with E-state index < -0.39 is 28.6 Å². The van der Waals surface area contributed by atoms with Crippen LogP contribution in [-0.4, -0.2) is 17.0 Å². The van der Waals surface area contributed by atoms with Gasteiger partial charge in [-0.3, -0.25) is 19.3 Å². The van der Waals surface area contributed by atoms with Gasteiger partial charge in [-0.05, 0) is 36.8 Å². The van der Waals surface area contributed by atoms with Gasteiger partial charge in [-0.1, -0.05) is 53.7 Å². The minimum atomic E-state index is -1.93. The normalized spacial score (nSPS) is 18.1. The number of fused-ring (bicyclic) bond motifs is 5. The van der Waals surface area contributed by atoms with E-state index in [4.69, 9.17) is 8.94 Å². The van der Waals surface area contributed by atoms with Crippen molar-refractivity contribution >= 4 is 34.3 Å². The van der Waals surface area contributed by atoms with E-state index in [0.29, 0.717) is 17.0 Å². The molecule has 2 aromatic heterocycles. The maximum atomic E-state index is 14.7. The van der Waals surface area contributed by atoms with Crippen LogP contribution in [0.5, 0.6) is 0 Å². The molecule has 0 fully saturated rings. The summed E-state index contributed by atoms with van der Waals surface area (Å²) < 4.78 is 25.4. The van der Waals surface area contributed by atoms with E-state index in [2.05, 4.69) is 5.16 Å². The van der Waals surface area contributed by atoms with Crippen LogP contribution in [0.2, 0.25) is 0 Å². The Labute approximate surface area is 214 Å². The third-order valence-electron chi connectivity index (χ3n) is 7.11. The van der Waals surface area contributed by atoms with Crippen LogP contribution in [0, 0.1) is 12.7 Å². The van der Waals surface area contributed by atoms with Crippen molar-refractivity contribution in [2.75, 3.05) is 9.80 Å². The molecule has 2 aliphatic rings. The molecule has 0 bridgehead atoms. The SMILES string of the molecule is Cc1cc(N2C(=O)c3oc4ccc(F)cc4c(=O)c3C23C(=O)N(Cc2ccccc2)c2ccccc23)no1. The van der Waals surface area contributed by atoms with Crippen LogP contribution in [0.1, 0.15) is 33.0 Å². The number of amides is 2. The summed E-state index contributed by atoms with van der Waals surface area (Å²) in [6.45, 7) is 1.85. The van der Waals surface area contributed by atoms with Gasteiger partial charge < -0.3 is 13.8 Å². The number of hydrogen-bond acceptors (Lipinski definition) is 6. The van der Waals surface area contributed by atoms with Gasteiger partial charge in [0.2, 0.25) is 5.76 Å². The summed E-state index contributed by atoms with van der Waals surface area (Å²) in [6.07, 6.45) is 0. The number of aryl methyl sites for hydroxylation is 1. The van der Waals surface area contributed by atoms with Crippen LogP contribution >= 0.6 is 0 Å². The van der Waals surface area contributed by atoms with E-state index in [1.165, 1.54) is 17.0 Å². The van der Waals surface area contributed by atoms with Crippen molar-refractivity contribution in [3.05, 3.63) is 123 Å². The number of carbonyl (C=O) groups is 2. The molecule has 9 heteroatoms. The minimum absolute atomic E-state index is 0.0386. The van der Waals surface area contributed by atoms with Crippen LogP contribution < -0.4 is 15.2 Å². The van der Waals surface area contributed by atoms with E-state index in [0.717, 1.165) is 17.7 Å². The van der Waals surface area contributed by atoms with Crippen LogP contribution in [-0.2, 0) is 16.9 Å². The monoisotopic (exact) mass is 507 g/mol. The first-order valence-electron chi connectivity index (χ1n) is 11.9. The van der Waals surface area contributed by atoms with Crippen molar-refractivity contribution in [1.82, 2.24) is 5.16 Å². The van der Waals surface area contributed by atoms with Gasteiger partial charge in [-0.15, -0.1) is 0 Å². The van der Waals surface area contributed by atoms with Crippen molar-refractivity contribution in [2.24, 2.45) is 0 Å². The van der Waals surface area contributed by atoms with E-state index in [-0.39, 0.29) is 34.7 Å². The largest absolute Gasteiger partial charge is 0.450 e. The zero-order valence-electron chi connectivity index (χ0n) is 20.0. The molecule has 5 aromatic rings. The number of benzene rings is 3. The Morgan fingerprint density at radius 2 is 1.71 bits per heavy atom. The van der Waals surface area contributed by atoms with Crippen molar-refractivity contribution in [1.29, 1.82) is 0 Å². The molecule has 2 amide bonds. The Morgan fingerprint density at radius 3 is 2.47 bits per heavy atom. The number of anilines is 2. The Hall–Kier alpha value is -5.05. The lowest BCUT2D eigenvalue weighted by Gasteiger charge is -2.32. The first-order chi connectivity index (χ1) is 18.4. The highest BCUT2D eigenvalue weighted by atomic mass is 19.1. The molecule has 8 nitrogen and oxygen atoms in total. The minimum Gasteiger partial charge on any atom is -0.450 e. The van der Waals surface area contributed by atoms with E-state index in [1.54, 1.807) is 36.1 Å². The molecule has 1 unspecified atom stereocenters. The average Bonchev–Trinajstić information content (AvgIpc) is 3.53. The first-order valence-corrected chi connectivity index (χ1v) is 11.9. The predicted octanol–water partition coefficient (Wildman–Crippen LogP) is 4.68. The summed E-state index contributed by atoms with van der Waals surface area (Å²) in [5, 5.41) is 3.97. The smallest absolute Gasteiger partial charge is 0.297 e. The van der Waals surface area contributed by atoms with Gasteiger partial charge in [0.25, 0.3) is 11.8 Å². The highest BCUT2D eigenvalue weighted by Gasteiger charge is 2.66. The molecule has 1 spiro atoms. The zero-order chi connectivity index (χ0) is 26.2. The highest BCUT2D eigenvalue weighted by Crippen LogP contribution is 2.54. The van der Waals surface area contributed by atoms with Gasteiger partial charge in [-0.2, -0.15) is 0 Å². The van der Waals surface area contributed by atoms with Gasteiger partial charge >= 0.3 is 0 Å². The summed E-state index contributed by atoms with van der Waals surface area (Å²) >= 11 is 0. The number of para-hydroxylation sites is 1. The number of nitrogens with zero attached hydrogens (tertiary/aromatic N) is 3. The van der Waals surface area contributed by atoms with Gasteiger partial charge in [0, 0.05) is 11.6 Å². The molecular weight excluding hydrogens is 489 g/mol. The summed E-state index contributed by atoms with van der Waals surface area (Å²) in [7, 11) is 0. The molecule has 0 N–H and O–H groups in total. The van der Waals surface area contributed by atoms with Crippen molar-refractivity contribution in [3.8, 4) is 0 Å². The Morgan fingerprint density at radius 1 is 0.947 bits per heavy atom.